The third-order valence-corrected chi connectivity index (χ3v) is 3.91. The molecule has 5 heteroatoms. The third kappa shape index (κ3) is 2.87. The van der Waals surface area contributed by atoms with Gasteiger partial charge in [-0.05, 0) is 28.4 Å². The molecule has 2 aromatic rings. The highest BCUT2D eigenvalue weighted by Crippen LogP contribution is 2.32. The van der Waals surface area contributed by atoms with Crippen molar-refractivity contribution in [2.45, 2.75) is 19.8 Å². The molecule has 0 radical (unpaired) electrons. The van der Waals surface area contributed by atoms with Crippen molar-refractivity contribution in [3.63, 3.8) is 0 Å². The Morgan fingerprint density at radius 2 is 2.11 bits per heavy atom. The van der Waals surface area contributed by atoms with Crippen LogP contribution in [0, 0.1) is 6.92 Å². The Morgan fingerprint density at radius 1 is 1.42 bits per heavy atom. The van der Waals surface area contributed by atoms with Crippen LogP contribution in [-0.4, -0.2) is 20.9 Å². The fourth-order valence-electron chi connectivity index (χ4n) is 2.04. The summed E-state index contributed by atoms with van der Waals surface area (Å²) in [6.45, 7) is 2.04. The van der Waals surface area contributed by atoms with E-state index in [-0.39, 0.29) is 6.42 Å². The van der Waals surface area contributed by atoms with Gasteiger partial charge in [-0.3, -0.25) is 9.48 Å². The van der Waals surface area contributed by atoms with Crippen molar-refractivity contribution in [2.75, 3.05) is 0 Å². The molecule has 2 rings (SSSR count). The van der Waals surface area contributed by atoms with Crippen molar-refractivity contribution in [3.8, 4) is 11.3 Å². The van der Waals surface area contributed by atoms with Gasteiger partial charge in [0.1, 0.15) is 5.69 Å². The van der Waals surface area contributed by atoms with Crippen LogP contribution in [0.25, 0.3) is 11.3 Å². The minimum absolute atomic E-state index is 0.103. The number of rotatable bonds is 4. The second-order valence-corrected chi connectivity index (χ2v) is 5.23. The fraction of sp³-hybridized carbons (Fsp3) is 0.286. The molecule has 100 valence electrons. The van der Waals surface area contributed by atoms with E-state index in [9.17, 15) is 4.79 Å². The van der Waals surface area contributed by atoms with E-state index in [2.05, 4.69) is 21.0 Å². The van der Waals surface area contributed by atoms with Crippen LogP contribution in [0.5, 0.6) is 0 Å². The van der Waals surface area contributed by atoms with E-state index in [0.717, 1.165) is 27.0 Å². The summed E-state index contributed by atoms with van der Waals surface area (Å²) < 4.78 is 2.62. The summed E-state index contributed by atoms with van der Waals surface area (Å²) in [7, 11) is 1.84. The quantitative estimate of drug-likeness (QED) is 0.940. The lowest BCUT2D eigenvalue weighted by Crippen LogP contribution is -2.03. The Kier molecular flexibility index (Phi) is 4.04. The molecule has 1 heterocycles. The average molecular weight is 323 g/mol. The van der Waals surface area contributed by atoms with E-state index in [4.69, 9.17) is 5.11 Å². The van der Waals surface area contributed by atoms with E-state index in [1.165, 1.54) is 0 Å². The Morgan fingerprint density at radius 3 is 2.74 bits per heavy atom. The molecule has 1 N–H and O–H groups in total. The van der Waals surface area contributed by atoms with Crippen LogP contribution in [-0.2, 0) is 18.3 Å². The topological polar surface area (TPSA) is 55.1 Å². The summed E-state index contributed by atoms with van der Waals surface area (Å²) in [5, 5.41) is 13.3. The van der Waals surface area contributed by atoms with E-state index in [1.54, 1.807) is 4.68 Å². The number of aromatic nitrogens is 2. The van der Waals surface area contributed by atoms with Crippen molar-refractivity contribution >= 4 is 21.9 Å². The molecule has 0 atom stereocenters. The smallest absolute Gasteiger partial charge is 0.303 e. The first-order valence-corrected chi connectivity index (χ1v) is 6.79. The van der Waals surface area contributed by atoms with E-state index in [1.807, 2.05) is 38.2 Å². The molecule has 0 bridgehead atoms. The van der Waals surface area contributed by atoms with Gasteiger partial charge in [-0.15, -0.1) is 0 Å². The lowest BCUT2D eigenvalue weighted by Gasteiger charge is -2.02. The van der Waals surface area contributed by atoms with Crippen LogP contribution in [0.3, 0.4) is 0 Å². The van der Waals surface area contributed by atoms with Crippen molar-refractivity contribution in [3.05, 3.63) is 40.0 Å². The van der Waals surface area contributed by atoms with Crippen LogP contribution in [0.2, 0.25) is 0 Å². The number of carboxylic acid groups (broad SMARTS) is 1. The molecular weight excluding hydrogens is 308 g/mol. The lowest BCUT2D eigenvalue weighted by atomic mass is 10.1. The molecule has 0 unspecified atom stereocenters. The Bertz CT molecular complexity index is 620. The highest BCUT2D eigenvalue weighted by molar-refractivity contribution is 9.10. The maximum atomic E-state index is 10.7. The summed E-state index contributed by atoms with van der Waals surface area (Å²) in [5.74, 6) is -0.800. The van der Waals surface area contributed by atoms with E-state index in [0.29, 0.717) is 6.42 Å². The first-order valence-electron chi connectivity index (χ1n) is 6.00. The summed E-state index contributed by atoms with van der Waals surface area (Å²) in [6.07, 6.45) is 0.566. The number of halogens is 1. The zero-order chi connectivity index (χ0) is 14.0. The normalized spacial score (nSPS) is 10.7. The van der Waals surface area contributed by atoms with Gasteiger partial charge in [0.2, 0.25) is 0 Å². The van der Waals surface area contributed by atoms with Gasteiger partial charge in [0.25, 0.3) is 0 Å². The van der Waals surface area contributed by atoms with Gasteiger partial charge in [-0.2, -0.15) is 5.10 Å². The molecule has 0 aliphatic rings. The van der Waals surface area contributed by atoms with E-state index < -0.39 is 5.97 Å². The van der Waals surface area contributed by atoms with Crippen LogP contribution in [0.4, 0.5) is 0 Å². The SMILES string of the molecule is Cc1ccccc1-c1nn(C)c(CCC(=O)O)c1Br. The number of nitrogens with zero attached hydrogens (tertiary/aromatic N) is 2. The van der Waals surface area contributed by atoms with Crippen molar-refractivity contribution in [1.29, 1.82) is 0 Å². The van der Waals surface area contributed by atoms with Crippen LogP contribution < -0.4 is 0 Å². The molecule has 0 fully saturated rings. The first kappa shape index (κ1) is 13.8. The zero-order valence-corrected chi connectivity index (χ0v) is 12.4. The number of hydrogen-bond donors (Lipinski definition) is 1. The maximum absolute atomic E-state index is 10.7. The number of aryl methyl sites for hydroxylation is 2. The predicted molar refractivity (Wildman–Crippen MR) is 77.0 cm³/mol. The molecule has 1 aromatic heterocycles. The van der Waals surface area contributed by atoms with Gasteiger partial charge < -0.3 is 5.11 Å². The highest BCUT2D eigenvalue weighted by atomic mass is 79.9. The molecule has 4 nitrogen and oxygen atoms in total. The second kappa shape index (κ2) is 5.57. The second-order valence-electron chi connectivity index (χ2n) is 4.44. The van der Waals surface area contributed by atoms with Gasteiger partial charge in [-0.1, -0.05) is 24.3 Å². The Labute approximate surface area is 120 Å². The van der Waals surface area contributed by atoms with Gasteiger partial charge in [0.05, 0.1) is 16.6 Å². The van der Waals surface area contributed by atoms with Gasteiger partial charge in [-0.25, -0.2) is 0 Å². The molecule has 19 heavy (non-hydrogen) atoms. The summed E-state index contributed by atoms with van der Waals surface area (Å²) in [6, 6.07) is 8.01. The molecule has 0 aliphatic carbocycles. The molecular formula is C14H15BrN2O2. The lowest BCUT2D eigenvalue weighted by molar-refractivity contribution is -0.136. The number of benzene rings is 1. The number of carbonyl (C=O) groups is 1. The van der Waals surface area contributed by atoms with Crippen LogP contribution in [0.15, 0.2) is 28.7 Å². The van der Waals surface area contributed by atoms with Crippen molar-refractivity contribution in [1.82, 2.24) is 9.78 Å². The number of aliphatic carboxylic acids is 1. The largest absolute Gasteiger partial charge is 0.481 e. The Balaban J connectivity index is 2.41. The fourth-order valence-corrected chi connectivity index (χ4v) is 2.79. The Hall–Kier alpha value is -1.62. The molecule has 0 saturated heterocycles. The van der Waals surface area contributed by atoms with Gasteiger partial charge in [0.15, 0.2) is 0 Å². The standard InChI is InChI=1S/C14H15BrN2O2/c1-9-5-3-4-6-10(9)14-13(15)11(17(2)16-14)7-8-12(18)19/h3-6H,7-8H2,1-2H3,(H,18,19). The van der Waals surface area contributed by atoms with Gasteiger partial charge in [0, 0.05) is 19.0 Å². The van der Waals surface area contributed by atoms with Crippen LogP contribution in [0.1, 0.15) is 17.7 Å². The van der Waals surface area contributed by atoms with Gasteiger partial charge >= 0.3 is 5.97 Å². The zero-order valence-electron chi connectivity index (χ0n) is 10.9. The van der Waals surface area contributed by atoms with Crippen molar-refractivity contribution < 1.29 is 9.90 Å². The van der Waals surface area contributed by atoms with Crippen LogP contribution >= 0.6 is 15.9 Å². The molecule has 0 amide bonds. The third-order valence-electron chi connectivity index (χ3n) is 3.08. The monoisotopic (exact) mass is 322 g/mol. The average Bonchev–Trinajstić information content (AvgIpc) is 2.63. The summed E-state index contributed by atoms with van der Waals surface area (Å²) in [5.41, 5.74) is 3.97. The number of carboxylic acids is 1. The summed E-state index contributed by atoms with van der Waals surface area (Å²) in [4.78, 5) is 10.7. The minimum Gasteiger partial charge on any atom is -0.481 e. The number of hydrogen-bond acceptors (Lipinski definition) is 2. The van der Waals surface area contributed by atoms with E-state index >= 15 is 0 Å². The summed E-state index contributed by atoms with van der Waals surface area (Å²) >= 11 is 3.55. The minimum atomic E-state index is -0.800. The maximum Gasteiger partial charge on any atom is 0.303 e. The predicted octanol–water partition coefficient (Wildman–Crippen LogP) is 3.18. The molecule has 0 saturated carbocycles. The first-order chi connectivity index (χ1) is 9.00. The molecule has 1 aromatic carbocycles. The molecule has 0 aliphatic heterocycles. The molecule has 0 spiro atoms. The highest BCUT2D eigenvalue weighted by Gasteiger charge is 2.17. The van der Waals surface area contributed by atoms with Crippen molar-refractivity contribution in [2.24, 2.45) is 7.05 Å².